The smallest absolute Gasteiger partial charge is 0.313 e. The van der Waals surface area contributed by atoms with E-state index in [1.54, 1.807) is 0 Å². The largest absolute Gasteiger partial charge is 0.481 e. The van der Waals surface area contributed by atoms with Crippen LogP contribution < -0.4 is 5.32 Å². The third-order valence-corrected chi connectivity index (χ3v) is 3.05. The molecule has 1 unspecified atom stereocenters. The maximum Gasteiger partial charge on any atom is 0.313 e. The molecule has 0 aliphatic carbocycles. The number of aliphatic carboxylic acids is 1. The second-order valence-corrected chi connectivity index (χ2v) is 4.69. The maximum absolute atomic E-state index is 11.3. The van der Waals surface area contributed by atoms with Gasteiger partial charge in [0.25, 0.3) is 0 Å². The van der Waals surface area contributed by atoms with Crippen molar-refractivity contribution in [3.05, 3.63) is 36.4 Å². The predicted molar refractivity (Wildman–Crippen MR) is 64.3 cm³/mol. The Morgan fingerprint density at radius 1 is 1.44 bits per heavy atom. The van der Waals surface area contributed by atoms with E-state index in [-0.39, 0.29) is 0 Å². The molecular weight excluding hydrogens is 202 g/mol. The molecule has 0 amide bonds. The molecule has 16 heavy (non-hydrogen) atoms. The molecule has 0 radical (unpaired) electrons. The van der Waals surface area contributed by atoms with Crippen molar-refractivity contribution in [3.8, 4) is 0 Å². The number of carbonyl (C=O) groups is 1. The first-order chi connectivity index (χ1) is 7.43. The minimum absolute atomic E-state index is 0.517. The second-order valence-electron chi connectivity index (χ2n) is 4.69. The van der Waals surface area contributed by atoms with E-state index in [9.17, 15) is 9.90 Å². The summed E-state index contributed by atoms with van der Waals surface area (Å²) < 4.78 is 0. The molecule has 1 aliphatic rings. The van der Waals surface area contributed by atoms with Crippen molar-refractivity contribution in [2.75, 3.05) is 5.32 Å². The molecule has 0 aromatic heterocycles. The Kier molecular flexibility index (Phi) is 2.26. The van der Waals surface area contributed by atoms with Crippen LogP contribution in [-0.2, 0) is 4.79 Å². The highest BCUT2D eigenvalue weighted by atomic mass is 16.4. The molecule has 2 rings (SSSR count). The van der Waals surface area contributed by atoms with Crippen LogP contribution in [0.3, 0.4) is 0 Å². The third kappa shape index (κ3) is 1.48. The van der Waals surface area contributed by atoms with Crippen molar-refractivity contribution in [1.82, 2.24) is 0 Å². The van der Waals surface area contributed by atoms with Crippen molar-refractivity contribution in [2.45, 2.75) is 19.4 Å². The molecule has 0 fully saturated rings. The zero-order chi connectivity index (χ0) is 11.9. The van der Waals surface area contributed by atoms with Crippen molar-refractivity contribution in [3.63, 3.8) is 0 Å². The van der Waals surface area contributed by atoms with Gasteiger partial charge in [-0.2, -0.15) is 0 Å². The predicted octanol–water partition coefficient (Wildman–Crippen LogP) is 2.60. The van der Waals surface area contributed by atoms with Crippen LogP contribution in [0, 0.1) is 5.92 Å². The van der Waals surface area contributed by atoms with Gasteiger partial charge in [-0.3, -0.25) is 4.79 Å². The van der Waals surface area contributed by atoms with E-state index in [1.165, 1.54) is 0 Å². The fourth-order valence-corrected chi connectivity index (χ4v) is 2.34. The summed E-state index contributed by atoms with van der Waals surface area (Å²) in [6.45, 7) is 7.70. The number of anilines is 1. The van der Waals surface area contributed by atoms with E-state index < -0.39 is 17.4 Å². The minimum Gasteiger partial charge on any atom is -0.481 e. The van der Waals surface area contributed by atoms with Crippen LogP contribution in [0.5, 0.6) is 0 Å². The lowest BCUT2D eigenvalue weighted by molar-refractivity contribution is -0.141. The zero-order valence-electron chi connectivity index (χ0n) is 9.45. The summed E-state index contributed by atoms with van der Waals surface area (Å²) in [6, 6.07) is 7.66. The lowest BCUT2D eigenvalue weighted by Crippen LogP contribution is -2.47. The Morgan fingerprint density at radius 2 is 2.06 bits per heavy atom. The highest BCUT2D eigenvalue weighted by Crippen LogP contribution is 2.41. The number of hydrogen-bond acceptors (Lipinski definition) is 2. The average Bonchev–Trinajstić information content (AvgIpc) is 2.15. The van der Waals surface area contributed by atoms with E-state index in [0.717, 1.165) is 11.3 Å². The van der Waals surface area contributed by atoms with E-state index in [4.69, 9.17) is 0 Å². The Bertz CT molecular complexity index is 463. The number of rotatable bonds is 1. The number of nitrogens with one attached hydrogen (secondary N) is 1. The summed E-state index contributed by atoms with van der Waals surface area (Å²) in [5.41, 5.74) is 2.01. The Morgan fingerprint density at radius 3 is 2.69 bits per heavy atom. The van der Waals surface area contributed by atoms with E-state index in [2.05, 4.69) is 11.9 Å². The Labute approximate surface area is 94.8 Å². The van der Waals surface area contributed by atoms with Gasteiger partial charge in [-0.05, 0) is 25.5 Å². The molecule has 1 aromatic carbocycles. The van der Waals surface area contributed by atoms with Crippen LogP contribution in [-0.4, -0.2) is 16.6 Å². The summed E-state index contributed by atoms with van der Waals surface area (Å²) in [7, 11) is 0. The molecule has 1 heterocycles. The van der Waals surface area contributed by atoms with Crippen LogP contribution in [0.1, 0.15) is 19.4 Å². The van der Waals surface area contributed by atoms with Crippen LogP contribution in [0.15, 0.2) is 30.8 Å². The quantitative estimate of drug-likeness (QED) is 0.760. The van der Waals surface area contributed by atoms with Crippen molar-refractivity contribution < 1.29 is 9.90 Å². The molecule has 0 bridgehead atoms. The van der Waals surface area contributed by atoms with Gasteiger partial charge in [-0.15, -0.1) is 0 Å². The van der Waals surface area contributed by atoms with Gasteiger partial charge in [0.05, 0.1) is 0 Å². The third-order valence-electron chi connectivity index (χ3n) is 3.05. The molecule has 3 nitrogen and oxygen atoms in total. The fourth-order valence-electron chi connectivity index (χ4n) is 2.34. The van der Waals surface area contributed by atoms with Crippen molar-refractivity contribution in [2.24, 2.45) is 5.92 Å². The lowest BCUT2D eigenvalue weighted by Gasteiger charge is -2.40. The van der Waals surface area contributed by atoms with Crippen LogP contribution in [0.2, 0.25) is 0 Å². The molecule has 0 saturated carbocycles. The first-order valence-corrected chi connectivity index (χ1v) is 5.22. The van der Waals surface area contributed by atoms with E-state index in [0.29, 0.717) is 5.57 Å². The summed E-state index contributed by atoms with van der Waals surface area (Å²) in [6.07, 6.45) is 0. The monoisotopic (exact) mass is 217 g/mol. The standard InChI is InChI=1S/C13H15NO2/c1-8-9-6-4-5-7-10(9)14-13(2,3)11(8)12(15)16/h4-7,11,14H,1H2,2-3H3,(H,15,16). The van der Waals surface area contributed by atoms with Crippen LogP contribution in [0.4, 0.5) is 5.69 Å². The van der Waals surface area contributed by atoms with E-state index >= 15 is 0 Å². The maximum atomic E-state index is 11.3. The summed E-state index contributed by atoms with van der Waals surface area (Å²) in [4.78, 5) is 11.3. The summed E-state index contributed by atoms with van der Waals surface area (Å²) in [5.74, 6) is -1.43. The molecular formula is C13H15NO2. The van der Waals surface area contributed by atoms with Gasteiger partial charge in [0.1, 0.15) is 5.92 Å². The van der Waals surface area contributed by atoms with Gasteiger partial charge < -0.3 is 10.4 Å². The van der Waals surface area contributed by atoms with Crippen LogP contribution in [0.25, 0.3) is 5.57 Å². The number of benzene rings is 1. The van der Waals surface area contributed by atoms with Crippen molar-refractivity contribution >= 4 is 17.2 Å². The van der Waals surface area contributed by atoms with Crippen LogP contribution >= 0.6 is 0 Å². The van der Waals surface area contributed by atoms with Crippen molar-refractivity contribution in [1.29, 1.82) is 0 Å². The molecule has 3 heteroatoms. The number of carboxylic acids is 1. The normalized spacial score (nSPS) is 22.1. The summed E-state index contributed by atoms with van der Waals surface area (Å²) >= 11 is 0. The molecule has 1 aliphatic heterocycles. The minimum atomic E-state index is -0.836. The number of fused-ring (bicyclic) bond motifs is 1. The van der Waals surface area contributed by atoms with E-state index in [1.807, 2.05) is 38.1 Å². The van der Waals surface area contributed by atoms with Gasteiger partial charge in [0.15, 0.2) is 0 Å². The Hall–Kier alpha value is -1.77. The second kappa shape index (κ2) is 3.37. The molecule has 2 N–H and O–H groups in total. The van der Waals surface area contributed by atoms with Gasteiger partial charge in [-0.25, -0.2) is 0 Å². The van der Waals surface area contributed by atoms with Gasteiger partial charge in [0.2, 0.25) is 0 Å². The Balaban J connectivity index is 2.56. The number of para-hydroxylation sites is 1. The first kappa shape index (κ1) is 10.7. The molecule has 1 aromatic rings. The number of hydrogen-bond donors (Lipinski definition) is 2. The highest BCUT2D eigenvalue weighted by Gasteiger charge is 2.41. The fraction of sp³-hybridized carbons (Fsp3) is 0.308. The van der Waals surface area contributed by atoms with Gasteiger partial charge in [-0.1, -0.05) is 24.8 Å². The molecule has 0 spiro atoms. The molecule has 1 atom stereocenters. The topological polar surface area (TPSA) is 49.3 Å². The molecule has 0 saturated heterocycles. The average molecular weight is 217 g/mol. The lowest BCUT2D eigenvalue weighted by atomic mass is 9.76. The number of carboxylic acid groups (broad SMARTS) is 1. The van der Waals surface area contributed by atoms with Gasteiger partial charge in [0, 0.05) is 16.8 Å². The van der Waals surface area contributed by atoms with Gasteiger partial charge >= 0.3 is 5.97 Å². The zero-order valence-corrected chi connectivity index (χ0v) is 9.45. The molecule has 84 valence electrons. The summed E-state index contributed by atoms with van der Waals surface area (Å²) in [5, 5.41) is 12.5. The highest BCUT2D eigenvalue weighted by molar-refractivity contribution is 5.94. The first-order valence-electron chi connectivity index (χ1n) is 5.22. The SMILES string of the molecule is C=C1c2ccccc2NC(C)(C)C1C(=O)O.